The number of hydrogen-bond acceptors (Lipinski definition) is 2. The molecule has 0 saturated carbocycles. The minimum Gasteiger partial charge on any atom is -0.388 e. The molecule has 0 radical (unpaired) electrons. The molecule has 4 unspecified atom stereocenters. The molecule has 0 aromatic carbocycles. The van der Waals surface area contributed by atoms with Gasteiger partial charge in [-0.1, -0.05) is 13.8 Å². The van der Waals surface area contributed by atoms with Crippen molar-refractivity contribution >= 4 is 0 Å². The molecule has 1 aliphatic rings. The van der Waals surface area contributed by atoms with Crippen molar-refractivity contribution in [3.05, 3.63) is 0 Å². The van der Waals surface area contributed by atoms with Gasteiger partial charge in [0.05, 0.1) is 17.8 Å². The Bertz CT molecular complexity index is 160. The van der Waals surface area contributed by atoms with E-state index in [9.17, 15) is 5.11 Å². The van der Waals surface area contributed by atoms with E-state index >= 15 is 0 Å². The van der Waals surface area contributed by atoms with E-state index in [1.807, 2.05) is 13.8 Å². The Morgan fingerprint density at radius 1 is 1.08 bits per heavy atom. The fraction of sp³-hybridized carbons (Fsp3) is 1.00. The van der Waals surface area contributed by atoms with Crippen LogP contribution in [0.3, 0.4) is 0 Å². The zero-order chi connectivity index (χ0) is 9.52. The van der Waals surface area contributed by atoms with Crippen LogP contribution in [0.5, 0.6) is 0 Å². The second kappa shape index (κ2) is 3.00. The van der Waals surface area contributed by atoms with E-state index in [0.717, 1.165) is 0 Å². The Balaban J connectivity index is 2.71. The Morgan fingerprint density at radius 2 is 1.58 bits per heavy atom. The van der Waals surface area contributed by atoms with Crippen LogP contribution in [0, 0.1) is 11.8 Å². The summed E-state index contributed by atoms with van der Waals surface area (Å²) in [6.45, 7) is 10.0. The van der Waals surface area contributed by atoms with Crippen molar-refractivity contribution in [2.24, 2.45) is 11.8 Å². The second-order valence-corrected chi connectivity index (χ2v) is 4.63. The summed E-state index contributed by atoms with van der Waals surface area (Å²) in [6.07, 6.45) is 0.263. The predicted octanol–water partition coefficient (Wildman–Crippen LogP) is 1.82. The van der Waals surface area contributed by atoms with Crippen LogP contribution < -0.4 is 0 Å². The summed E-state index contributed by atoms with van der Waals surface area (Å²) in [5.41, 5.74) is -0.710. The molecule has 1 saturated heterocycles. The molecule has 1 heterocycles. The van der Waals surface area contributed by atoms with Crippen molar-refractivity contribution in [2.45, 2.75) is 52.4 Å². The number of ether oxygens (including phenoxy) is 1. The first-order valence-corrected chi connectivity index (χ1v) is 4.72. The highest BCUT2D eigenvalue weighted by Crippen LogP contribution is 2.36. The molecule has 0 spiro atoms. The number of hydrogen-bond donors (Lipinski definition) is 1. The molecule has 12 heavy (non-hydrogen) atoms. The highest BCUT2D eigenvalue weighted by atomic mass is 16.5. The van der Waals surface area contributed by atoms with Crippen molar-refractivity contribution in [1.29, 1.82) is 0 Å². The van der Waals surface area contributed by atoms with Gasteiger partial charge in [0.25, 0.3) is 0 Å². The first-order chi connectivity index (χ1) is 5.34. The van der Waals surface area contributed by atoms with Crippen LogP contribution >= 0.6 is 0 Å². The minimum atomic E-state index is -0.710. The first kappa shape index (κ1) is 10.0. The Labute approximate surface area is 74.9 Å². The number of rotatable bonds is 1. The highest BCUT2D eigenvalue weighted by molar-refractivity contribution is 4.92. The van der Waals surface area contributed by atoms with Crippen molar-refractivity contribution in [1.82, 2.24) is 0 Å². The lowest BCUT2D eigenvalue weighted by Crippen LogP contribution is -2.39. The van der Waals surface area contributed by atoms with E-state index in [4.69, 9.17) is 4.74 Å². The van der Waals surface area contributed by atoms with Gasteiger partial charge in [-0.05, 0) is 32.6 Å². The van der Waals surface area contributed by atoms with E-state index in [1.165, 1.54) is 0 Å². The molecule has 0 bridgehead atoms. The third-order valence-electron chi connectivity index (χ3n) is 3.10. The quantitative estimate of drug-likeness (QED) is 0.653. The van der Waals surface area contributed by atoms with Gasteiger partial charge in [-0.25, -0.2) is 0 Å². The monoisotopic (exact) mass is 172 g/mol. The summed E-state index contributed by atoms with van der Waals surface area (Å²) in [5, 5.41) is 9.80. The van der Waals surface area contributed by atoms with Gasteiger partial charge < -0.3 is 9.84 Å². The fourth-order valence-electron chi connectivity index (χ4n) is 1.99. The van der Waals surface area contributed by atoms with Crippen molar-refractivity contribution in [3.63, 3.8) is 0 Å². The number of aliphatic hydroxyl groups is 1. The molecule has 2 heteroatoms. The van der Waals surface area contributed by atoms with Crippen molar-refractivity contribution < 1.29 is 9.84 Å². The molecule has 0 aromatic heterocycles. The summed E-state index contributed by atoms with van der Waals surface area (Å²) in [7, 11) is 0. The average Bonchev–Trinajstić information content (AvgIpc) is 2.15. The van der Waals surface area contributed by atoms with Crippen molar-refractivity contribution in [3.8, 4) is 0 Å². The summed E-state index contributed by atoms with van der Waals surface area (Å²) in [5.74, 6) is 0.987. The molecular formula is C10H20O2. The normalized spacial score (nSPS) is 43.5. The topological polar surface area (TPSA) is 29.5 Å². The van der Waals surface area contributed by atoms with Gasteiger partial charge in [0, 0.05) is 0 Å². The third kappa shape index (κ3) is 1.64. The molecule has 2 nitrogen and oxygen atoms in total. The smallest absolute Gasteiger partial charge is 0.0889 e. The van der Waals surface area contributed by atoms with Crippen LogP contribution in [0.4, 0.5) is 0 Å². The standard InChI is InChI=1S/C10H20O2/c1-6-7(2)9(10(4,5)11)12-8(6)3/h6-9,11H,1-5H3. The lowest BCUT2D eigenvalue weighted by Gasteiger charge is -2.28. The summed E-state index contributed by atoms with van der Waals surface area (Å²) in [6, 6.07) is 0. The molecule has 72 valence electrons. The summed E-state index contributed by atoms with van der Waals surface area (Å²) >= 11 is 0. The lowest BCUT2D eigenvalue weighted by molar-refractivity contribution is -0.0901. The summed E-state index contributed by atoms with van der Waals surface area (Å²) in [4.78, 5) is 0. The molecule has 0 aliphatic carbocycles. The average molecular weight is 172 g/mol. The van der Waals surface area contributed by atoms with Gasteiger partial charge in [0.1, 0.15) is 0 Å². The van der Waals surface area contributed by atoms with Gasteiger partial charge in [-0.3, -0.25) is 0 Å². The first-order valence-electron chi connectivity index (χ1n) is 4.72. The van der Waals surface area contributed by atoms with Crippen LogP contribution in [0.15, 0.2) is 0 Å². The molecule has 1 rings (SSSR count). The zero-order valence-electron chi connectivity index (χ0n) is 8.66. The molecule has 1 N–H and O–H groups in total. The lowest BCUT2D eigenvalue weighted by atomic mass is 9.84. The van der Waals surface area contributed by atoms with E-state index < -0.39 is 5.60 Å². The van der Waals surface area contributed by atoms with Crippen LogP contribution in [0.25, 0.3) is 0 Å². The SMILES string of the molecule is CC1OC(C(C)(C)O)C(C)C1C. The Kier molecular flexibility index (Phi) is 2.50. The van der Waals surface area contributed by atoms with Crippen molar-refractivity contribution in [2.75, 3.05) is 0 Å². The van der Waals surface area contributed by atoms with E-state index in [0.29, 0.717) is 11.8 Å². The fourth-order valence-corrected chi connectivity index (χ4v) is 1.99. The molecule has 0 amide bonds. The maximum Gasteiger partial charge on any atom is 0.0889 e. The summed E-state index contributed by atoms with van der Waals surface area (Å²) < 4.78 is 5.70. The predicted molar refractivity (Wildman–Crippen MR) is 49.0 cm³/mol. The maximum absolute atomic E-state index is 9.80. The van der Waals surface area contributed by atoms with Crippen LogP contribution in [-0.4, -0.2) is 22.9 Å². The minimum absolute atomic E-state index is 0.0116. The second-order valence-electron chi connectivity index (χ2n) is 4.63. The molecule has 1 aliphatic heterocycles. The van der Waals surface area contributed by atoms with Crippen LogP contribution in [0.2, 0.25) is 0 Å². The van der Waals surface area contributed by atoms with E-state index in [1.54, 1.807) is 0 Å². The molecule has 1 fully saturated rings. The maximum atomic E-state index is 9.80. The van der Waals surface area contributed by atoms with Crippen LogP contribution in [0.1, 0.15) is 34.6 Å². The Morgan fingerprint density at radius 3 is 1.75 bits per heavy atom. The van der Waals surface area contributed by atoms with E-state index in [2.05, 4.69) is 20.8 Å². The van der Waals surface area contributed by atoms with Gasteiger partial charge in [-0.2, -0.15) is 0 Å². The highest BCUT2D eigenvalue weighted by Gasteiger charge is 2.43. The third-order valence-corrected chi connectivity index (χ3v) is 3.10. The van der Waals surface area contributed by atoms with Crippen LogP contribution in [-0.2, 0) is 4.74 Å². The molecular weight excluding hydrogens is 152 g/mol. The molecule has 0 aromatic rings. The van der Waals surface area contributed by atoms with E-state index in [-0.39, 0.29) is 12.2 Å². The van der Waals surface area contributed by atoms with Gasteiger partial charge in [0.15, 0.2) is 0 Å². The van der Waals surface area contributed by atoms with Gasteiger partial charge >= 0.3 is 0 Å². The zero-order valence-corrected chi connectivity index (χ0v) is 8.66. The largest absolute Gasteiger partial charge is 0.388 e. The van der Waals surface area contributed by atoms with Gasteiger partial charge in [-0.15, -0.1) is 0 Å². The Hall–Kier alpha value is -0.0800. The molecule has 4 atom stereocenters. The van der Waals surface area contributed by atoms with Gasteiger partial charge in [0.2, 0.25) is 0 Å².